The smallest absolute Gasteiger partial charge is 0.310 e. The molecule has 0 unspecified atom stereocenters. The third kappa shape index (κ3) is 5.36. The van der Waals surface area contributed by atoms with E-state index in [4.69, 9.17) is 16.3 Å². The number of hydrogen-bond acceptors (Lipinski definition) is 6. The van der Waals surface area contributed by atoms with Crippen molar-refractivity contribution in [2.24, 2.45) is 0 Å². The van der Waals surface area contributed by atoms with Crippen molar-refractivity contribution in [1.82, 2.24) is 4.90 Å². The fourth-order valence-corrected chi connectivity index (χ4v) is 3.42. The Labute approximate surface area is 174 Å². The van der Waals surface area contributed by atoms with Crippen LogP contribution in [0.15, 0.2) is 42.5 Å². The molecule has 0 aliphatic carbocycles. The molecule has 0 saturated carbocycles. The summed E-state index contributed by atoms with van der Waals surface area (Å²) in [5.41, 5.74) is 1.31. The predicted molar refractivity (Wildman–Crippen MR) is 113 cm³/mol. The summed E-state index contributed by atoms with van der Waals surface area (Å²) in [5, 5.41) is 14.4. The molecule has 1 amide bonds. The number of nitrogens with zero attached hydrogens (tertiary/aromatic N) is 3. The van der Waals surface area contributed by atoms with E-state index in [1.807, 2.05) is 6.07 Å². The minimum absolute atomic E-state index is 0.0506. The van der Waals surface area contributed by atoms with E-state index >= 15 is 0 Å². The molecule has 29 heavy (non-hydrogen) atoms. The maximum absolute atomic E-state index is 12.4. The molecule has 3 rings (SSSR count). The van der Waals surface area contributed by atoms with E-state index in [9.17, 15) is 14.9 Å². The van der Waals surface area contributed by atoms with Gasteiger partial charge in [-0.2, -0.15) is 0 Å². The first-order valence-corrected chi connectivity index (χ1v) is 9.78. The van der Waals surface area contributed by atoms with Gasteiger partial charge in [-0.1, -0.05) is 30.7 Å². The number of nitro groups is 1. The Hall–Kier alpha value is -2.84. The summed E-state index contributed by atoms with van der Waals surface area (Å²) in [7, 11) is 0. The molecule has 8 nitrogen and oxygen atoms in total. The zero-order chi connectivity index (χ0) is 20.8. The van der Waals surface area contributed by atoms with Gasteiger partial charge in [-0.15, -0.1) is 0 Å². The zero-order valence-electron chi connectivity index (χ0n) is 16.1. The molecule has 1 fully saturated rings. The highest BCUT2D eigenvalue weighted by molar-refractivity contribution is 6.31. The Kier molecular flexibility index (Phi) is 6.90. The van der Waals surface area contributed by atoms with Gasteiger partial charge in [0.25, 0.3) is 5.91 Å². The van der Waals surface area contributed by atoms with Crippen LogP contribution in [0.1, 0.15) is 6.92 Å². The number of halogens is 1. The second-order valence-electron chi connectivity index (χ2n) is 6.64. The van der Waals surface area contributed by atoms with Crippen molar-refractivity contribution in [3.8, 4) is 5.75 Å². The van der Waals surface area contributed by atoms with Crippen LogP contribution in [0.5, 0.6) is 5.75 Å². The number of piperazine rings is 1. The summed E-state index contributed by atoms with van der Waals surface area (Å²) in [5.74, 6) is -0.367. The number of benzene rings is 2. The van der Waals surface area contributed by atoms with Gasteiger partial charge in [0.15, 0.2) is 12.4 Å². The Morgan fingerprint density at radius 3 is 2.62 bits per heavy atom. The van der Waals surface area contributed by atoms with Crippen molar-refractivity contribution in [2.75, 3.05) is 49.5 Å². The molecular formula is C20H23ClN4O4. The van der Waals surface area contributed by atoms with E-state index in [2.05, 4.69) is 22.0 Å². The molecule has 0 bridgehead atoms. The first-order chi connectivity index (χ1) is 14.0. The second-order valence-corrected chi connectivity index (χ2v) is 7.08. The van der Waals surface area contributed by atoms with Gasteiger partial charge < -0.3 is 19.9 Å². The van der Waals surface area contributed by atoms with Gasteiger partial charge in [0.05, 0.1) is 16.3 Å². The van der Waals surface area contributed by atoms with Crippen LogP contribution in [-0.4, -0.2) is 55.1 Å². The van der Waals surface area contributed by atoms with E-state index in [-0.39, 0.29) is 18.0 Å². The number of nitrogens with one attached hydrogen (secondary N) is 1. The molecule has 9 heteroatoms. The molecule has 1 heterocycles. The van der Waals surface area contributed by atoms with Crippen molar-refractivity contribution in [3.63, 3.8) is 0 Å². The predicted octanol–water partition coefficient (Wildman–Crippen LogP) is 3.41. The largest absolute Gasteiger partial charge is 0.477 e. The number of anilines is 2. The summed E-state index contributed by atoms with van der Waals surface area (Å²) < 4.78 is 5.37. The van der Waals surface area contributed by atoms with Crippen LogP contribution in [0.25, 0.3) is 0 Å². The maximum atomic E-state index is 12.4. The average molecular weight is 419 g/mol. The molecule has 1 N–H and O–H groups in total. The number of rotatable bonds is 7. The summed E-state index contributed by atoms with van der Waals surface area (Å²) in [4.78, 5) is 27.5. The quantitative estimate of drug-likeness (QED) is 0.547. The normalized spacial score (nSPS) is 14.5. The SMILES string of the molecule is CCN1CCN(c2ccc(Cl)cc2NC(=O)COc2ccccc2[N+](=O)[O-])CC1. The van der Waals surface area contributed by atoms with Crippen LogP contribution in [0.3, 0.4) is 0 Å². The van der Waals surface area contributed by atoms with Crippen molar-refractivity contribution in [2.45, 2.75) is 6.92 Å². The number of hydrogen-bond donors (Lipinski definition) is 1. The van der Waals surface area contributed by atoms with E-state index in [0.29, 0.717) is 10.7 Å². The van der Waals surface area contributed by atoms with Crippen LogP contribution >= 0.6 is 11.6 Å². The van der Waals surface area contributed by atoms with Crippen LogP contribution in [-0.2, 0) is 4.79 Å². The molecule has 154 valence electrons. The van der Waals surface area contributed by atoms with Crippen molar-refractivity contribution in [1.29, 1.82) is 0 Å². The Morgan fingerprint density at radius 1 is 1.21 bits per heavy atom. The first kappa shape index (κ1) is 20.9. The van der Waals surface area contributed by atoms with Crippen LogP contribution < -0.4 is 15.0 Å². The molecule has 1 saturated heterocycles. The summed E-state index contributed by atoms with van der Waals surface area (Å²) >= 11 is 6.13. The summed E-state index contributed by atoms with van der Waals surface area (Å²) in [6.45, 7) is 6.42. The highest BCUT2D eigenvalue weighted by atomic mass is 35.5. The van der Waals surface area contributed by atoms with Gasteiger partial charge in [0, 0.05) is 37.3 Å². The molecule has 0 atom stereocenters. The zero-order valence-corrected chi connectivity index (χ0v) is 16.9. The summed E-state index contributed by atoms with van der Waals surface area (Å²) in [6.07, 6.45) is 0. The fraction of sp³-hybridized carbons (Fsp3) is 0.350. The number of carbonyl (C=O) groups is 1. The van der Waals surface area contributed by atoms with Gasteiger partial charge >= 0.3 is 5.69 Å². The van der Waals surface area contributed by atoms with Crippen LogP contribution in [0, 0.1) is 10.1 Å². The number of nitro benzene ring substituents is 1. The summed E-state index contributed by atoms with van der Waals surface area (Å²) in [6, 6.07) is 11.3. The van der Waals surface area contributed by atoms with Gasteiger partial charge in [-0.25, -0.2) is 0 Å². The Bertz CT molecular complexity index is 885. The highest BCUT2D eigenvalue weighted by Gasteiger charge is 2.20. The number of likely N-dealkylation sites (N-methyl/N-ethyl adjacent to an activating group) is 1. The Morgan fingerprint density at radius 2 is 1.93 bits per heavy atom. The van der Waals surface area contributed by atoms with Crippen molar-refractivity contribution in [3.05, 3.63) is 57.6 Å². The molecule has 2 aromatic carbocycles. The van der Waals surface area contributed by atoms with Gasteiger partial charge in [0.2, 0.25) is 0 Å². The second kappa shape index (κ2) is 9.58. The molecule has 1 aliphatic rings. The molecule has 0 spiro atoms. The molecule has 0 aromatic heterocycles. The fourth-order valence-electron chi connectivity index (χ4n) is 3.25. The minimum atomic E-state index is -0.543. The van der Waals surface area contributed by atoms with E-state index in [1.165, 1.54) is 12.1 Å². The lowest BCUT2D eigenvalue weighted by molar-refractivity contribution is -0.385. The van der Waals surface area contributed by atoms with Crippen molar-refractivity contribution < 1.29 is 14.5 Å². The molecule has 2 aromatic rings. The minimum Gasteiger partial charge on any atom is -0.477 e. The Balaban J connectivity index is 1.67. The number of carbonyl (C=O) groups excluding carboxylic acids is 1. The van der Waals surface area contributed by atoms with Gasteiger partial charge in [-0.3, -0.25) is 14.9 Å². The van der Waals surface area contributed by atoms with Crippen molar-refractivity contribution >= 4 is 34.6 Å². The van der Waals surface area contributed by atoms with E-state index in [1.54, 1.807) is 24.3 Å². The third-order valence-corrected chi connectivity index (χ3v) is 5.05. The number of ether oxygens (including phenoxy) is 1. The lowest BCUT2D eigenvalue weighted by Crippen LogP contribution is -2.46. The topological polar surface area (TPSA) is 88.0 Å². The molecule has 0 radical (unpaired) electrons. The first-order valence-electron chi connectivity index (χ1n) is 9.41. The average Bonchev–Trinajstić information content (AvgIpc) is 2.72. The molecule has 1 aliphatic heterocycles. The lowest BCUT2D eigenvalue weighted by Gasteiger charge is -2.36. The van der Waals surface area contributed by atoms with Gasteiger partial charge in [-0.05, 0) is 30.8 Å². The standard InChI is InChI=1S/C20H23ClN4O4/c1-2-23-9-11-24(12-10-23)17-8-7-15(21)13-16(17)22-20(26)14-29-19-6-4-3-5-18(19)25(27)28/h3-8,13H,2,9-12,14H2,1H3,(H,22,26). The number of amides is 1. The third-order valence-electron chi connectivity index (χ3n) is 4.81. The molecular weight excluding hydrogens is 396 g/mol. The van der Waals surface area contributed by atoms with Crippen LogP contribution in [0.4, 0.5) is 17.1 Å². The highest BCUT2D eigenvalue weighted by Crippen LogP contribution is 2.30. The van der Waals surface area contributed by atoms with E-state index < -0.39 is 10.8 Å². The monoisotopic (exact) mass is 418 g/mol. The number of para-hydroxylation sites is 2. The van der Waals surface area contributed by atoms with E-state index in [0.717, 1.165) is 38.4 Å². The van der Waals surface area contributed by atoms with Crippen LogP contribution in [0.2, 0.25) is 5.02 Å². The lowest BCUT2D eigenvalue weighted by atomic mass is 10.2. The maximum Gasteiger partial charge on any atom is 0.310 e. The van der Waals surface area contributed by atoms with Gasteiger partial charge in [0.1, 0.15) is 0 Å².